The Kier molecular flexibility index (Phi) is 9.18. The van der Waals surface area contributed by atoms with Crippen LogP contribution in [0.5, 0.6) is 0 Å². The second-order valence-electron chi connectivity index (χ2n) is 5.34. The maximum atomic E-state index is 3.56. The number of hydrogen-bond acceptors (Lipinski definition) is 1. The zero-order valence-corrected chi connectivity index (χ0v) is 11.5. The van der Waals surface area contributed by atoms with Gasteiger partial charge in [-0.2, -0.15) is 0 Å². The summed E-state index contributed by atoms with van der Waals surface area (Å²) < 4.78 is 0. The third kappa shape index (κ3) is 7.84. The van der Waals surface area contributed by atoms with Crippen LogP contribution in [0, 0.1) is 17.8 Å². The van der Waals surface area contributed by atoms with Crippen molar-refractivity contribution in [1.82, 2.24) is 5.32 Å². The maximum Gasteiger partial charge on any atom is -0.00180 e. The van der Waals surface area contributed by atoms with Crippen LogP contribution in [0.25, 0.3) is 0 Å². The van der Waals surface area contributed by atoms with E-state index in [0.717, 1.165) is 17.8 Å². The summed E-state index contributed by atoms with van der Waals surface area (Å²) in [5.41, 5.74) is 0. The minimum atomic E-state index is 0.814. The Morgan fingerprint density at radius 1 is 1.00 bits per heavy atom. The summed E-state index contributed by atoms with van der Waals surface area (Å²) in [5, 5.41) is 3.56. The predicted octanol–water partition coefficient (Wildman–Crippen LogP) is 4.08. The van der Waals surface area contributed by atoms with Crippen molar-refractivity contribution >= 4 is 0 Å². The molecule has 1 nitrogen and oxygen atoms in total. The van der Waals surface area contributed by atoms with Crippen LogP contribution in [-0.4, -0.2) is 13.1 Å². The first kappa shape index (κ1) is 15.0. The topological polar surface area (TPSA) is 12.0 Å². The fourth-order valence-corrected chi connectivity index (χ4v) is 2.18. The zero-order chi connectivity index (χ0) is 11.7. The van der Waals surface area contributed by atoms with Crippen molar-refractivity contribution in [2.75, 3.05) is 13.1 Å². The second kappa shape index (κ2) is 9.21. The van der Waals surface area contributed by atoms with Crippen LogP contribution < -0.4 is 5.32 Å². The Morgan fingerprint density at radius 3 is 2.13 bits per heavy atom. The van der Waals surface area contributed by atoms with Crippen LogP contribution in [0.4, 0.5) is 0 Å². The summed E-state index contributed by atoms with van der Waals surface area (Å²) in [5.74, 6) is 2.57. The molecule has 0 rings (SSSR count). The van der Waals surface area contributed by atoms with Crippen molar-refractivity contribution in [3.63, 3.8) is 0 Å². The molecule has 0 amide bonds. The van der Waals surface area contributed by atoms with Crippen LogP contribution in [0.3, 0.4) is 0 Å². The van der Waals surface area contributed by atoms with Gasteiger partial charge in [-0.05, 0) is 43.7 Å². The molecule has 0 aliphatic carbocycles. The average molecular weight is 213 g/mol. The van der Waals surface area contributed by atoms with Crippen LogP contribution >= 0.6 is 0 Å². The van der Waals surface area contributed by atoms with E-state index in [1.54, 1.807) is 0 Å². The van der Waals surface area contributed by atoms with E-state index in [-0.39, 0.29) is 0 Å². The van der Waals surface area contributed by atoms with E-state index in [2.05, 4.69) is 39.9 Å². The Balaban J connectivity index is 3.82. The first-order chi connectivity index (χ1) is 7.11. The molecule has 0 radical (unpaired) electrons. The van der Waals surface area contributed by atoms with Gasteiger partial charge in [0.25, 0.3) is 0 Å². The predicted molar refractivity (Wildman–Crippen MR) is 70.2 cm³/mol. The molecule has 92 valence electrons. The van der Waals surface area contributed by atoms with Crippen molar-refractivity contribution in [2.45, 2.75) is 60.3 Å². The van der Waals surface area contributed by atoms with Crippen molar-refractivity contribution in [3.8, 4) is 0 Å². The number of rotatable bonds is 9. The van der Waals surface area contributed by atoms with E-state index in [0.29, 0.717) is 0 Å². The van der Waals surface area contributed by atoms with Gasteiger partial charge in [0.1, 0.15) is 0 Å². The van der Waals surface area contributed by atoms with E-state index < -0.39 is 0 Å². The van der Waals surface area contributed by atoms with Gasteiger partial charge in [-0.3, -0.25) is 0 Å². The van der Waals surface area contributed by atoms with E-state index >= 15 is 0 Å². The van der Waals surface area contributed by atoms with E-state index in [9.17, 15) is 0 Å². The average Bonchev–Trinajstić information content (AvgIpc) is 2.16. The largest absolute Gasteiger partial charge is 0.316 e. The summed E-state index contributed by atoms with van der Waals surface area (Å²) in [4.78, 5) is 0. The molecular formula is C14H31N. The van der Waals surface area contributed by atoms with E-state index in [4.69, 9.17) is 0 Å². The van der Waals surface area contributed by atoms with Gasteiger partial charge in [-0.25, -0.2) is 0 Å². The van der Waals surface area contributed by atoms with Gasteiger partial charge in [0, 0.05) is 0 Å². The highest BCUT2D eigenvalue weighted by Gasteiger charge is 2.15. The fourth-order valence-electron chi connectivity index (χ4n) is 2.18. The van der Waals surface area contributed by atoms with Gasteiger partial charge in [-0.1, -0.05) is 47.5 Å². The Hall–Kier alpha value is -0.0400. The van der Waals surface area contributed by atoms with Crippen LogP contribution in [-0.2, 0) is 0 Å². The number of nitrogens with one attached hydrogen (secondary N) is 1. The molecule has 0 spiro atoms. The van der Waals surface area contributed by atoms with E-state index in [1.807, 2.05) is 0 Å². The van der Waals surface area contributed by atoms with Crippen LogP contribution in [0.1, 0.15) is 60.3 Å². The van der Waals surface area contributed by atoms with Crippen LogP contribution in [0.15, 0.2) is 0 Å². The monoisotopic (exact) mass is 213 g/mol. The lowest BCUT2D eigenvalue weighted by molar-refractivity contribution is 0.286. The molecule has 2 atom stereocenters. The molecule has 0 fully saturated rings. The lowest BCUT2D eigenvalue weighted by Crippen LogP contribution is -2.28. The Bertz CT molecular complexity index is 131. The Labute approximate surface area is 97.0 Å². The summed E-state index contributed by atoms with van der Waals surface area (Å²) in [6.07, 6.45) is 5.35. The van der Waals surface area contributed by atoms with Crippen molar-refractivity contribution in [2.24, 2.45) is 17.8 Å². The van der Waals surface area contributed by atoms with Crippen LogP contribution in [0.2, 0.25) is 0 Å². The normalized spacial score (nSPS) is 15.6. The van der Waals surface area contributed by atoms with Crippen molar-refractivity contribution in [1.29, 1.82) is 0 Å². The van der Waals surface area contributed by atoms with Gasteiger partial charge < -0.3 is 5.32 Å². The number of hydrogen-bond donors (Lipinski definition) is 1. The third-order valence-electron chi connectivity index (χ3n) is 3.26. The molecule has 0 aromatic heterocycles. The molecule has 0 bridgehead atoms. The molecular weight excluding hydrogens is 182 g/mol. The van der Waals surface area contributed by atoms with Gasteiger partial charge in [0.2, 0.25) is 0 Å². The second-order valence-corrected chi connectivity index (χ2v) is 5.34. The quantitative estimate of drug-likeness (QED) is 0.569. The maximum absolute atomic E-state index is 3.56. The van der Waals surface area contributed by atoms with Gasteiger partial charge in [0.05, 0.1) is 0 Å². The van der Waals surface area contributed by atoms with Crippen molar-refractivity contribution in [3.05, 3.63) is 0 Å². The first-order valence-electron chi connectivity index (χ1n) is 6.82. The third-order valence-corrected chi connectivity index (χ3v) is 3.26. The van der Waals surface area contributed by atoms with Gasteiger partial charge in [0.15, 0.2) is 0 Å². The highest BCUT2D eigenvalue weighted by atomic mass is 14.9. The molecule has 0 aromatic rings. The molecule has 1 heteroatoms. The summed E-state index contributed by atoms with van der Waals surface area (Å²) in [6.45, 7) is 14.0. The van der Waals surface area contributed by atoms with Crippen molar-refractivity contribution < 1.29 is 0 Å². The fraction of sp³-hybridized carbons (Fsp3) is 1.00. The lowest BCUT2D eigenvalue weighted by Gasteiger charge is -2.24. The summed E-state index contributed by atoms with van der Waals surface area (Å²) in [6, 6.07) is 0. The summed E-state index contributed by atoms with van der Waals surface area (Å²) >= 11 is 0. The molecule has 0 heterocycles. The molecule has 0 saturated carbocycles. The van der Waals surface area contributed by atoms with E-state index in [1.165, 1.54) is 38.8 Å². The molecule has 0 saturated heterocycles. The Morgan fingerprint density at radius 2 is 1.67 bits per heavy atom. The molecule has 0 aliphatic heterocycles. The molecule has 15 heavy (non-hydrogen) atoms. The standard InChI is InChI=1S/C14H31N/c1-6-8-13(5)10-14(12(3)4)11-15-9-7-2/h12-15H,6-11H2,1-5H3. The highest BCUT2D eigenvalue weighted by Crippen LogP contribution is 2.22. The lowest BCUT2D eigenvalue weighted by atomic mass is 9.85. The minimum absolute atomic E-state index is 0.814. The minimum Gasteiger partial charge on any atom is -0.316 e. The zero-order valence-electron chi connectivity index (χ0n) is 11.5. The SMILES string of the molecule is CCCNCC(CC(C)CCC)C(C)C. The summed E-state index contributed by atoms with van der Waals surface area (Å²) in [7, 11) is 0. The smallest absolute Gasteiger partial charge is 0.00180 e. The molecule has 0 aliphatic rings. The molecule has 2 unspecified atom stereocenters. The highest BCUT2D eigenvalue weighted by molar-refractivity contribution is 4.69. The molecule has 1 N–H and O–H groups in total. The molecule has 0 aromatic carbocycles. The van der Waals surface area contributed by atoms with Gasteiger partial charge in [-0.15, -0.1) is 0 Å². The first-order valence-corrected chi connectivity index (χ1v) is 6.82. The van der Waals surface area contributed by atoms with Gasteiger partial charge >= 0.3 is 0 Å².